The van der Waals surface area contributed by atoms with E-state index in [1.165, 1.54) is 10.6 Å². The lowest BCUT2D eigenvalue weighted by molar-refractivity contribution is -0.141. The number of piperidine rings is 1. The maximum atomic E-state index is 13.2. The third-order valence-corrected chi connectivity index (χ3v) is 6.40. The number of nitrogens with one attached hydrogen (secondary N) is 1. The van der Waals surface area contributed by atoms with E-state index in [0.717, 1.165) is 44.6 Å². The van der Waals surface area contributed by atoms with Crippen LogP contribution in [0.25, 0.3) is 17.2 Å². The summed E-state index contributed by atoms with van der Waals surface area (Å²) in [5.41, 5.74) is -0.0320. The van der Waals surface area contributed by atoms with Crippen molar-refractivity contribution in [2.75, 3.05) is 18.0 Å². The molecule has 1 saturated heterocycles. The molecule has 0 bridgehead atoms. The van der Waals surface area contributed by atoms with Crippen LogP contribution in [-0.2, 0) is 6.18 Å². The zero-order valence-electron chi connectivity index (χ0n) is 19.1. The smallest absolute Gasteiger partial charge is 0.354 e. The largest absolute Gasteiger partial charge is 0.434 e. The second kappa shape index (κ2) is 8.57. The summed E-state index contributed by atoms with van der Waals surface area (Å²) in [5, 5.41) is 7.46. The summed E-state index contributed by atoms with van der Waals surface area (Å²) in [4.78, 5) is 31.2. The van der Waals surface area contributed by atoms with E-state index in [2.05, 4.69) is 30.4 Å². The van der Waals surface area contributed by atoms with Gasteiger partial charge < -0.3 is 10.2 Å². The van der Waals surface area contributed by atoms with Crippen molar-refractivity contribution in [1.82, 2.24) is 39.4 Å². The van der Waals surface area contributed by atoms with Gasteiger partial charge in [0, 0.05) is 37.7 Å². The summed E-state index contributed by atoms with van der Waals surface area (Å²) in [6.45, 7) is 1.27. The molecule has 0 spiro atoms. The maximum Gasteiger partial charge on any atom is 0.434 e. The molecule has 0 radical (unpaired) electrons. The normalized spacial score (nSPS) is 18.5. The van der Waals surface area contributed by atoms with Gasteiger partial charge in [0.05, 0.1) is 18.4 Å². The zero-order chi connectivity index (χ0) is 24.9. The Labute approximate surface area is 203 Å². The van der Waals surface area contributed by atoms with Crippen LogP contribution >= 0.6 is 0 Å². The number of rotatable bonds is 5. The molecule has 4 aromatic rings. The Balaban J connectivity index is 1.20. The molecule has 0 unspecified atom stereocenters. The first kappa shape index (κ1) is 22.4. The highest BCUT2D eigenvalue weighted by atomic mass is 19.4. The van der Waals surface area contributed by atoms with Gasteiger partial charge in [0.15, 0.2) is 17.2 Å². The molecule has 2 aliphatic rings. The monoisotopic (exact) mass is 497 g/mol. The lowest BCUT2D eigenvalue weighted by Gasteiger charge is -2.33. The van der Waals surface area contributed by atoms with E-state index in [9.17, 15) is 18.0 Å². The van der Waals surface area contributed by atoms with Gasteiger partial charge in [-0.1, -0.05) is 0 Å². The predicted octanol–water partition coefficient (Wildman–Crippen LogP) is 3.14. The molecule has 13 heteroatoms. The third-order valence-electron chi connectivity index (χ3n) is 6.40. The third kappa shape index (κ3) is 4.36. The van der Waals surface area contributed by atoms with E-state index in [-0.39, 0.29) is 23.4 Å². The number of hydrogen-bond donors (Lipinski definition) is 1. The number of imidazole rings is 1. The topological polar surface area (TPSA) is 106 Å². The molecule has 1 N–H and O–H groups in total. The van der Waals surface area contributed by atoms with Crippen LogP contribution in [0.3, 0.4) is 0 Å². The van der Waals surface area contributed by atoms with Crippen molar-refractivity contribution in [3.63, 3.8) is 0 Å². The van der Waals surface area contributed by atoms with E-state index in [1.807, 2.05) is 15.8 Å². The Morgan fingerprint density at radius 1 is 1.08 bits per heavy atom. The Kier molecular flexibility index (Phi) is 5.34. The molecule has 6 rings (SSSR count). The second-order valence-corrected chi connectivity index (χ2v) is 9.05. The number of halogens is 3. The van der Waals surface area contributed by atoms with Crippen molar-refractivity contribution in [3.8, 4) is 11.5 Å². The number of hydrogen-bond acceptors (Lipinski definition) is 7. The van der Waals surface area contributed by atoms with Crippen LogP contribution in [0, 0.1) is 0 Å². The van der Waals surface area contributed by atoms with Gasteiger partial charge in [-0.25, -0.2) is 19.9 Å². The Morgan fingerprint density at radius 2 is 1.94 bits per heavy atom. The van der Waals surface area contributed by atoms with Crippen LogP contribution in [0.5, 0.6) is 0 Å². The summed E-state index contributed by atoms with van der Waals surface area (Å²) < 4.78 is 42.6. The molecule has 2 fully saturated rings. The summed E-state index contributed by atoms with van der Waals surface area (Å²) in [6, 6.07) is 3.80. The fourth-order valence-corrected chi connectivity index (χ4v) is 4.41. The highest BCUT2D eigenvalue weighted by Gasteiger charge is 2.33. The van der Waals surface area contributed by atoms with Crippen LogP contribution in [0.2, 0.25) is 0 Å². The fourth-order valence-electron chi connectivity index (χ4n) is 4.41. The van der Waals surface area contributed by atoms with Crippen molar-refractivity contribution in [3.05, 3.63) is 54.5 Å². The highest BCUT2D eigenvalue weighted by molar-refractivity contribution is 5.92. The Morgan fingerprint density at radius 3 is 2.75 bits per heavy atom. The maximum absolute atomic E-state index is 13.2. The first-order valence-corrected chi connectivity index (χ1v) is 11.7. The minimum atomic E-state index is -4.58. The zero-order valence-corrected chi connectivity index (χ0v) is 19.1. The van der Waals surface area contributed by atoms with E-state index < -0.39 is 11.9 Å². The highest BCUT2D eigenvalue weighted by Crippen LogP contribution is 2.34. The molecule has 186 valence electrons. The SMILES string of the molecule is O=C(N[C@H]1CCCN(c2ccnc(-c3cnc4cnc(C(F)(F)F)cn34)n2)C1)c1ccn(C2CC2)n1. The molecule has 4 aromatic heterocycles. The molecule has 36 heavy (non-hydrogen) atoms. The van der Waals surface area contributed by atoms with Gasteiger partial charge in [0.25, 0.3) is 5.91 Å². The Hall–Kier alpha value is -4.03. The lowest BCUT2D eigenvalue weighted by Crippen LogP contribution is -2.48. The second-order valence-electron chi connectivity index (χ2n) is 9.05. The van der Waals surface area contributed by atoms with E-state index in [0.29, 0.717) is 29.8 Å². The molecule has 5 heterocycles. The van der Waals surface area contributed by atoms with Crippen LogP contribution in [0.4, 0.5) is 19.0 Å². The van der Waals surface area contributed by atoms with Crippen molar-refractivity contribution in [1.29, 1.82) is 0 Å². The van der Waals surface area contributed by atoms with Crippen LogP contribution in [-0.4, -0.2) is 59.2 Å². The minimum Gasteiger partial charge on any atom is -0.354 e. The summed E-state index contributed by atoms with van der Waals surface area (Å²) >= 11 is 0. The summed E-state index contributed by atoms with van der Waals surface area (Å²) in [7, 11) is 0. The average Bonchev–Trinajstić information content (AvgIpc) is 3.44. The number of anilines is 1. The average molecular weight is 497 g/mol. The number of fused-ring (bicyclic) bond motifs is 1. The van der Waals surface area contributed by atoms with Gasteiger partial charge >= 0.3 is 6.18 Å². The first-order valence-electron chi connectivity index (χ1n) is 11.7. The molecule has 0 aromatic carbocycles. The minimum absolute atomic E-state index is 0.0908. The number of amides is 1. The molecule has 1 saturated carbocycles. The van der Waals surface area contributed by atoms with Crippen LogP contribution in [0.15, 0.2) is 43.1 Å². The summed E-state index contributed by atoms with van der Waals surface area (Å²) in [5.74, 6) is 0.664. The summed E-state index contributed by atoms with van der Waals surface area (Å²) in [6.07, 6.45) is 6.07. The van der Waals surface area contributed by atoms with Crippen LogP contribution < -0.4 is 10.2 Å². The number of carbonyl (C=O) groups excluding carboxylic acids is 1. The van der Waals surface area contributed by atoms with Crippen molar-refractivity contribution >= 4 is 17.4 Å². The van der Waals surface area contributed by atoms with Crippen molar-refractivity contribution in [2.24, 2.45) is 0 Å². The number of aromatic nitrogens is 7. The number of alkyl halides is 3. The quantitative estimate of drug-likeness (QED) is 0.452. The predicted molar refractivity (Wildman–Crippen MR) is 122 cm³/mol. The van der Waals surface area contributed by atoms with Gasteiger partial charge in [-0.3, -0.25) is 13.9 Å². The molecule has 1 aliphatic heterocycles. The van der Waals surface area contributed by atoms with Crippen LogP contribution in [0.1, 0.15) is 47.9 Å². The van der Waals surface area contributed by atoms with E-state index in [1.54, 1.807) is 18.3 Å². The van der Waals surface area contributed by atoms with Gasteiger partial charge in [-0.05, 0) is 37.8 Å². The Bertz CT molecular complexity index is 1430. The number of carbonyl (C=O) groups is 1. The molecule has 1 atom stereocenters. The van der Waals surface area contributed by atoms with Gasteiger partial charge in [0.1, 0.15) is 17.2 Å². The first-order chi connectivity index (χ1) is 17.3. The molecular weight excluding hydrogens is 475 g/mol. The lowest BCUT2D eigenvalue weighted by atomic mass is 10.1. The van der Waals surface area contributed by atoms with E-state index in [4.69, 9.17) is 0 Å². The van der Waals surface area contributed by atoms with Gasteiger partial charge in [-0.2, -0.15) is 18.3 Å². The van der Waals surface area contributed by atoms with Gasteiger partial charge in [0.2, 0.25) is 0 Å². The fraction of sp³-hybridized carbons (Fsp3) is 0.391. The van der Waals surface area contributed by atoms with Crippen molar-refractivity contribution < 1.29 is 18.0 Å². The van der Waals surface area contributed by atoms with Gasteiger partial charge in [-0.15, -0.1) is 0 Å². The van der Waals surface area contributed by atoms with Crippen molar-refractivity contribution in [2.45, 2.75) is 43.9 Å². The molecule has 1 aliphatic carbocycles. The molecular formula is C23H22F3N9O. The standard InChI is InChI=1S/C23H22F3N9O/c24-23(25,26)18-13-34-17(10-29-20(34)11-28-18)21-27-7-5-19(31-21)33-8-1-2-14(12-33)30-22(36)16-6-9-35(32-16)15-3-4-15/h5-7,9-11,13-15H,1-4,8,12H2,(H,30,36)/t14-/m0/s1. The number of nitrogens with zero attached hydrogens (tertiary/aromatic N) is 8. The molecule has 10 nitrogen and oxygen atoms in total. The van der Waals surface area contributed by atoms with E-state index >= 15 is 0 Å². The molecule has 1 amide bonds.